The normalized spacial score (nSPS) is 16.8. The van der Waals surface area contributed by atoms with E-state index in [4.69, 9.17) is 4.42 Å². The van der Waals surface area contributed by atoms with Crippen LogP contribution in [0.15, 0.2) is 10.6 Å². The number of rotatable bonds is 5. The monoisotopic (exact) mass is 266 g/mol. The first kappa shape index (κ1) is 14.0. The molecule has 2 rings (SSSR count). The number of nitrogens with one attached hydrogen (secondary N) is 1. The van der Waals surface area contributed by atoms with Crippen LogP contribution >= 0.6 is 0 Å². The summed E-state index contributed by atoms with van der Waals surface area (Å²) in [6, 6.07) is 0. The van der Waals surface area contributed by atoms with Gasteiger partial charge in [0.1, 0.15) is 5.76 Å². The first-order valence-corrected chi connectivity index (χ1v) is 6.79. The number of likely N-dealkylation sites (N-methyl/N-ethyl adjacent to an activating group) is 1. The van der Waals surface area contributed by atoms with E-state index < -0.39 is 0 Å². The van der Waals surface area contributed by atoms with Crippen molar-refractivity contribution in [3.63, 3.8) is 0 Å². The number of nitrogens with zero attached hydrogens (tertiary/aromatic N) is 3. The minimum atomic E-state index is 0.148. The molecule has 0 bridgehead atoms. The number of hydrogen-bond donors (Lipinski definition) is 1. The largest absolute Gasteiger partial charge is 0.444 e. The van der Waals surface area contributed by atoms with Gasteiger partial charge in [0.2, 0.25) is 11.8 Å². The molecule has 2 heterocycles. The van der Waals surface area contributed by atoms with E-state index in [0.29, 0.717) is 19.0 Å². The van der Waals surface area contributed by atoms with E-state index in [9.17, 15) is 4.79 Å². The molecular weight excluding hydrogens is 244 g/mol. The second kappa shape index (κ2) is 6.68. The molecule has 106 valence electrons. The van der Waals surface area contributed by atoms with Crippen molar-refractivity contribution in [3.05, 3.63) is 17.8 Å². The lowest BCUT2D eigenvalue weighted by atomic mass is 10.3. The zero-order chi connectivity index (χ0) is 13.7. The molecule has 6 heteroatoms. The van der Waals surface area contributed by atoms with Crippen LogP contribution in [0.5, 0.6) is 0 Å². The Labute approximate surface area is 113 Å². The SMILES string of the molecule is CCc1cnc(CNCC(=O)N2CCN(C)CC2)o1. The summed E-state index contributed by atoms with van der Waals surface area (Å²) in [6.07, 6.45) is 2.58. The molecule has 0 atom stereocenters. The third-order valence-corrected chi connectivity index (χ3v) is 3.36. The second-order valence-corrected chi connectivity index (χ2v) is 4.86. The molecule has 1 aliphatic heterocycles. The van der Waals surface area contributed by atoms with Crippen molar-refractivity contribution < 1.29 is 9.21 Å². The molecule has 0 saturated carbocycles. The summed E-state index contributed by atoms with van der Waals surface area (Å²) in [7, 11) is 2.08. The minimum absolute atomic E-state index is 0.148. The Morgan fingerprint density at radius 1 is 1.42 bits per heavy atom. The topological polar surface area (TPSA) is 61.6 Å². The molecule has 6 nitrogen and oxygen atoms in total. The zero-order valence-electron chi connectivity index (χ0n) is 11.7. The minimum Gasteiger partial charge on any atom is -0.444 e. The maximum Gasteiger partial charge on any atom is 0.236 e. The summed E-state index contributed by atoms with van der Waals surface area (Å²) in [5, 5.41) is 3.09. The van der Waals surface area contributed by atoms with E-state index >= 15 is 0 Å². The number of aryl methyl sites for hydroxylation is 1. The first-order valence-electron chi connectivity index (χ1n) is 6.79. The average molecular weight is 266 g/mol. The summed E-state index contributed by atoms with van der Waals surface area (Å²) >= 11 is 0. The number of carbonyl (C=O) groups is 1. The first-order chi connectivity index (χ1) is 9.19. The van der Waals surface area contributed by atoms with Crippen molar-refractivity contribution in [3.8, 4) is 0 Å². The van der Waals surface area contributed by atoms with Gasteiger partial charge in [-0.3, -0.25) is 10.1 Å². The van der Waals surface area contributed by atoms with Gasteiger partial charge in [0.25, 0.3) is 0 Å². The zero-order valence-corrected chi connectivity index (χ0v) is 11.7. The van der Waals surface area contributed by atoms with Crippen molar-refractivity contribution in [2.45, 2.75) is 19.9 Å². The van der Waals surface area contributed by atoms with E-state index in [-0.39, 0.29) is 5.91 Å². The van der Waals surface area contributed by atoms with Gasteiger partial charge in [0.15, 0.2) is 0 Å². The van der Waals surface area contributed by atoms with Crippen molar-refractivity contribution in [1.29, 1.82) is 0 Å². The van der Waals surface area contributed by atoms with Crippen LogP contribution in [0.2, 0.25) is 0 Å². The van der Waals surface area contributed by atoms with E-state index in [1.807, 2.05) is 11.8 Å². The van der Waals surface area contributed by atoms with Gasteiger partial charge < -0.3 is 14.2 Å². The molecule has 0 radical (unpaired) electrons. The molecule has 19 heavy (non-hydrogen) atoms. The van der Waals surface area contributed by atoms with Crippen LogP contribution in [0.25, 0.3) is 0 Å². The van der Waals surface area contributed by atoms with Gasteiger partial charge in [0, 0.05) is 32.6 Å². The Bertz CT molecular complexity index is 411. The fraction of sp³-hybridized carbons (Fsp3) is 0.692. The Morgan fingerprint density at radius 2 is 2.16 bits per heavy atom. The summed E-state index contributed by atoms with van der Waals surface area (Å²) < 4.78 is 5.47. The summed E-state index contributed by atoms with van der Waals surface area (Å²) in [5.74, 6) is 1.67. The molecular formula is C13H22N4O2. The van der Waals surface area contributed by atoms with Gasteiger partial charge in [0.05, 0.1) is 19.3 Å². The fourth-order valence-corrected chi connectivity index (χ4v) is 2.04. The lowest BCUT2D eigenvalue weighted by Gasteiger charge is -2.32. The highest BCUT2D eigenvalue weighted by Crippen LogP contribution is 2.03. The van der Waals surface area contributed by atoms with E-state index in [0.717, 1.165) is 38.4 Å². The fourth-order valence-electron chi connectivity index (χ4n) is 2.04. The Balaban J connectivity index is 1.69. The van der Waals surface area contributed by atoms with Crippen LogP contribution in [0, 0.1) is 0 Å². The van der Waals surface area contributed by atoms with Crippen molar-refractivity contribution in [2.24, 2.45) is 0 Å². The summed E-state index contributed by atoms with van der Waals surface area (Å²) in [5.41, 5.74) is 0. The number of carbonyl (C=O) groups excluding carboxylic acids is 1. The van der Waals surface area contributed by atoms with Gasteiger partial charge in [-0.15, -0.1) is 0 Å². The number of aromatic nitrogens is 1. The molecule has 1 aromatic rings. The molecule has 1 saturated heterocycles. The molecule has 1 N–H and O–H groups in total. The van der Waals surface area contributed by atoms with E-state index in [1.54, 1.807) is 6.20 Å². The van der Waals surface area contributed by atoms with E-state index in [1.165, 1.54) is 0 Å². The third-order valence-electron chi connectivity index (χ3n) is 3.36. The molecule has 0 unspecified atom stereocenters. The standard InChI is InChI=1S/C13H22N4O2/c1-3-11-8-15-12(19-11)9-14-10-13(18)17-6-4-16(2)5-7-17/h8,14H,3-7,9-10H2,1-2H3. The van der Waals surface area contributed by atoms with Crippen molar-refractivity contribution in [1.82, 2.24) is 20.1 Å². The predicted octanol–water partition coefficient (Wildman–Crippen LogP) is 0.101. The van der Waals surface area contributed by atoms with Crippen LogP contribution in [-0.2, 0) is 17.8 Å². The Morgan fingerprint density at radius 3 is 2.79 bits per heavy atom. The maximum absolute atomic E-state index is 12.0. The summed E-state index contributed by atoms with van der Waals surface area (Å²) in [6.45, 7) is 6.39. The lowest BCUT2D eigenvalue weighted by molar-refractivity contribution is -0.131. The molecule has 1 aliphatic rings. The highest BCUT2D eigenvalue weighted by atomic mass is 16.4. The highest BCUT2D eigenvalue weighted by Gasteiger charge is 2.18. The van der Waals surface area contributed by atoms with E-state index in [2.05, 4.69) is 22.2 Å². The van der Waals surface area contributed by atoms with Gasteiger partial charge in [-0.2, -0.15) is 0 Å². The van der Waals surface area contributed by atoms with Crippen LogP contribution in [0.4, 0.5) is 0 Å². The maximum atomic E-state index is 12.0. The predicted molar refractivity (Wildman–Crippen MR) is 71.7 cm³/mol. The summed E-state index contributed by atoms with van der Waals surface area (Å²) in [4.78, 5) is 20.2. The molecule has 0 aliphatic carbocycles. The number of amides is 1. The second-order valence-electron chi connectivity index (χ2n) is 4.86. The molecule has 1 amide bonds. The molecule has 0 aromatic carbocycles. The Kier molecular flexibility index (Phi) is 4.93. The van der Waals surface area contributed by atoms with Crippen molar-refractivity contribution >= 4 is 5.91 Å². The Hall–Kier alpha value is -1.40. The quantitative estimate of drug-likeness (QED) is 0.819. The van der Waals surface area contributed by atoms with Crippen LogP contribution in [0.3, 0.4) is 0 Å². The van der Waals surface area contributed by atoms with Gasteiger partial charge >= 0.3 is 0 Å². The lowest BCUT2D eigenvalue weighted by Crippen LogP contribution is -2.49. The highest BCUT2D eigenvalue weighted by molar-refractivity contribution is 5.78. The van der Waals surface area contributed by atoms with Crippen LogP contribution < -0.4 is 5.32 Å². The third kappa shape index (κ3) is 4.04. The number of hydrogen-bond acceptors (Lipinski definition) is 5. The smallest absolute Gasteiger partial charge is 0.236 e. The molecule has 1 fully saturated rings. The van der Waals surface area contributed by atoms with Crippen LogP contribution in [-0.4, -0.2) is 60.5 Å². The average Bonchev–Trinajstić information content (AvgIpc) is 2.87. The van der Waals surface area contributed by atoms with Gasteiger partial charge in [-0.25, -0.2) is 4.98 Å². The number of piperazine rings is 1. The van der Waals surface area contributed by atoms with Crippen molar-refractivity contribution in [2.75, 3.05) is 39.8 Å². The number of oxazole rings is 1. The van der Waals surface area contributed by atoms with Gasteiger partial charge in [-0.1, -0.05) is 6.92 Å². The molecule has 0 spiro atoms. The molecule has 1 aromatic heterocycles. The van der Waals surface area contributed by atoms with Gasteiger partial charge in [-0.05, 0) is 7.05 Å². The van der Waals surface area contributed by atoms with Crippen LogP contribution in [0.1, 0.15) is 18.6 Å².